The van der Waals surface area contributed by atoms with E-state index in [1.165, 1.54) is 0 Å². The minimum atomic E-state index is -0.833. The molecule has 0 unspecified atom stereocenters. The Morgan fingerprint density at radius 2 is 1.67 bits per heavy atom. The Bertz CT molecular complexity index is 34.5. The quantitative estimate of drug-likeness (QED) is 0.623. The monoisotopic (exact) mass is 199 g/mol. The van der Waals surface area contributed by atoms with Gasteiger partial charge in [0.05, 0.1) is 0 Å². The third-order valence-corrected chi connectivity index (χ3v) is 0. The molecule has 0 bridgehead atoms. The number of halogens is 1. The van der Waals surface area contributed by atoms with Crippen LogP contribution in [0.2, 0.25) is 0 Å². The van der Waals surface area contributed by atoms with Gasteiger partial charge in [-0.05, 0) is 0 Å². The molecular formula is C2H5BrCoO2. The molecule has 0 aromatic carbocycles. The first-order valence-corrected chi connectivity index (χ1v) is 0.928. The molecule has 0 aromatic heterocycles. The molecule has 4 heteroatoms. The second-order valence-corrected chi connectivity index (χ2v) is 0.519. The average Bonchev–Trinajstić information content (AvgIpc) is 0.811. The maximum absolute atomic E-state index is 9.00. The average molecular weight is 200 g/mol. The summed E-state index contributed by atoms with van der Waals surface area (Å²) in [6.45, 7) is 1.08. The second-order valence-electron chi connectivity index (χ2n) is 0.519. The molecule has 0 aliphatic heterocycles. The van der Waals surface area contributed by atoms with E-state index in [-0.39, 0.29) is 33.8 Å². The molecule has 41 valence electrons. The van der Waals surface area contributed by atoms with Crippen molar-refractivity contribution in [2.75, 3.05) is 0 Å². The summed E-state index contributed by atoms with van der Waals surface area (Å²) in [5.41, 5.74) is 0. The van der Waals surface area contributed by atoms with Crippen LogP contribution in [0.25, 0.3) is 0 Å². The van der Waals surface area contributed by atoms with Crippen LogP contribution < -0.4 is 0 Å². The molecular weight excluding hydrogens is 195 g/mol. The number of hydrogen-bond donors (Lipinski definition) is 1. The van der Waals surface area contributed by atoms with Gasteiger partial charge in [0, 0.05) is 23.7 Å². The van der Waals surface area contributed by atoms with Crippen molar-refractivity contribution in [1.82, 2.24) is 0 Å². The Kier molecular flexibility index (Phi) is 24.3. The minimum absolute atomic E-state index is 0. The van der Waals surface area contributed by atoms with Crippen LogP contribution in [0.5, 0.6) is 0 Å². The van der Waals surface area contributed by atoms with Gasteiger partial charge < -0.3 is 5.11 Å². The van der Waals surface area contributed by atoms with E-state index in [0.29, 0.717) is 0 Å². The summed E-state index contributed by atoms with van der Waals surface area (Å²) in [6.07, 6.45) is 0. The standard InChI is InChI=1S/C2H4O2.BrH.Co/c1-2(3)4;;/h1H3,(H,3,4);1H;. The molecule has 0 heterocycles. The third-order valence-electron chi connectivity index (χ3n) is 0. The van der Waals surface area contributed by atoms with E-state index >= 15 is 0 Å². The number of hydrogen-bond acceptors (Lipinski definition) is 1. The molecule has 0 aliphatic carbocycles. The number of carboxylic acid groups (broad SMARTS) is 1. The summed E-state index contributed by atoms with van der Waals surface area (Å²) in [5.74, 6) is -0.833. The summed E-state index contributed by atoms with van der Waals surface area (Å²) >= 11 is 0. The van der Waals surface area contributed by atoms with E-state index in [1.54, 1.807) is 0 Å². The van der Waals surface area contributed by atoms with Crippen molar-refractivity contribution < 1.29 is 26.7 Å². The molecule has 0 rings (SSSR count). The van der Waals surface area contributed by atoms with Crippen molar-refractivity contribution in [3.63, 3.8) is 0 Å². The van der Waals surface area contributed by atoms with E-state index in [2.05, 4.69) is 0 Å². The third kappa shape index (κ3) is 256. The van der Waals surface area contributed by atoms with Crippen molar-refractivity contribution in [2.45, 2.75) is 6.92 Å². The van der Waals surface area contributed by atoms with Gasteiger partial charge in [0.1, 0.15) is 0 Å². The number of aliphatic carboxylic acids is 1. The van der Waals surface area contributed by atoms with Gasteiger partial charge in [-0.15, -0.1) is 17.0 Å². The zero-order valence-electron chi connectivity index (χ0n) is 3.10. The van der Waals surface area contributed by atoms with Gasteiger partial charge in [0.2, 0.25) is 0 Å². The molecule has 0 saturated heterocycles. The molecule has 1 radical (unpaired) electrons. The summed E-state index contributed by atoms with van der Waals surface area (Å²) in [6, 6.07) is 0. The topological polar surface area (TPSA) is 37.3 Å². The molecule has 0 spiro atoms. The first-order valence-electron chi connectivity index (χ1n) is 0.928. The first-order chi connectivity index (χ1) is 1.73. The molecule has 0 amide bonds. The van der Waals surface area contributed by atoms with Gasteiger partial charge in [-0.25, -0.2) is 0 Å². The number of rotatable bonds is 0. The number of carbonyl (C=O) groups is 1. The maximum Gasteiger partial charge on any atom is 0.300 e. The SMILES string of the molecule is Br.CC(=O)O.[Co]. The first kappa shape index (κ1) is 16.1. The molecule has 0 aromatic rings. The van der Waals surface area contributed by atoms with Crippen molar-refractivity contribution in [3.8, 4) is 0 Å². The Morgan fingerprint density at radius 3 is 1.67 bits per heavy atom. The molecule has 0 atom stereocenters. The number of carboxylic acids is 1. The van der Waals surface area contributed by atoms with Crippen LogP contribution in [0.15, 0.2) is 0 Å². The zero-order chi connectivity index (χ0) is 3.58. The Balaban J connectivity index is -0.0000000450. The van der Waals surface area contributed by atoms with E-state index < -0.39 is 5.97 Å². The Labute approximate surface area is 56.9 Å². The summed E-state index contributed by atoms with van der Waals surface area (Å²) in [5, 5.41) is 7.42. The molecule has 2 nitrogen and oxygen atoms in total. The largest absolute Gasteiger partial charge is 0.481 e. The van der Waals surface area contributed by atoms with Crippen LogP contribution in [0.3, 0.4) is 0 Å². The predicted octanol–water partition coefficient (Wildman–Crippen LogP) is 0.666. The molecule has 0 saturated carbocycles. The van der Waals surface area contributed by atoms with Gasteiger partial charge in [-0.1, -0.05) is 0 Å². The van der Waals surface area contributed by atoms with Gasteiger partial charge in [0.15, 0.2) is 0 Å². The van der Waals surface area contributed by atoms with Crippen LogP contribution in [-0.4, -0.2) is 11.1 Å². The van der Waals surface area contributed by atoms with E-state index in [0.717, 1.165) is 6.92 Å². The zero-order valence-corrected chi connectivity index (χ0v) is 5.85. The van der Waals surface area contributed by atoms with E-state index in [1.807, 2.05) is 0 Å². The van der Waals surface area contributed by atoms with E-state index in [9.17, 15) is 0 Å². The molecule has 6 heavy (non-hydrogen) atoms. The van der Waals surface area contributed by atoms with Crippen LogP contribution in [0.4, 0.5) is 0 Å². The Hall–Kier alpha value is 0.456. The fourth-order valence-electron chi connectivity index (χ4n) is 0. The fraction of sp³-hybridized carbons (Fsp3) is 0.500. The van der Waals surface area contributed by atoms with Crippen LogP contribution in [0.1, 0.15) is 6.92 Å². The van der Waals surface area contributed by atoms with Gasteiger partial charge in [-0.3, -0.25) is 4.79 Å². The van der Waals surface area contributed by atoms with Gasteiger partial charge >= 0.3 is 0 Å². The van der Waals surface area contributed by atoms with Gasteiger partial charge in [-0.2, -0.15) is 0 Å². The summed E-state index contributed by atoms with van der Waals surface area (Å²) in [4.78, 5) is 9.00. The van der Waals surface area contributed by atoms with Crippen LogP contribution >= 0.6 is 17.0 Å². The van der Waals surface area contributed by atoms with Gasteiger partial charge in [0.25, 0.3) is 5.97 Å². The Morgan fingerprint density at radius 1 is 1.67 bits per heavy atom. The van der Waals surface area contributed by atoms with Crippen molar-refractivity contribution in [1.29, 1.82) is 0 Å². The normalized spacial score (nSPS) is 4.17. The molecule has 0 aliphatic rings. The predicted molar refractivity (Wildman–Crippen MR) is 23.6 cm³/mol. The van der Waals surface area contributed by atoms with E-state index in [4.69, 9.17) is 9.90 Å². The summed E-state index contributed by atoms with van der Waals surface area (Å²) in [7, 11) is 0. The van der Waals surface area contributed by atoms with Crippen molar-refractivity contribution in [2.24, 2.45) is 0 Å². The smallest absolute Gasteiger partial charge is 0.300 e. The van der Waals surface area contributed by atoms with Crippen LogP contribution in [-0.2, 0) is 21.6 Å². The maximum atomic E-state index is 9.00. The molecule has 0 fully saturated rings. The van der Waals surface area contributed by atoms with Crippen molar-refractivity contribution in [3.05, 3.63) is 0 Å². The summed E-state index contributed by atoms with van der Waals surface area (Å²) < 4.78 is 0. The fourth-order valence-corrected chi connectivity index (χ4v) is 0. The second kappa shape index (κ2) is 9.07. The van der Waals surface area contributed by atoms with Crippen molar-refractivity contribution >= 4 is 23.0 Å². The molecule has 1 N–H and O–H groups in total. The minimum Gasteiger partial charge on any atom is -0.481 e. The van der Waals surface area contributed by atoms with Crippen LogP contribution in [0, 0.1) is 0 Å².